The number of carbonyl (C=O) groups excluding carboxylic acids is 1. The Balaban J connectivity index is 1.62. The Hall–Kier alpha value is -2.76. The van der Waals surface area contributed by atoms with Gasteiger partial charge in [0.25, 0.3) is 5.91 Å². The van der Waals surface area contributed by atoms with Crippen LogP contribution in [-0.4, -0.2) is 70.1 Å². The van der Waals surface area contributed by atoms with Crippen LogP contribution >= 0.6 is 11.6 Å². The van der Waals surface area contributed by atoms with Crippen LogP contribution in [0.4, 0.5) is 14.5 Å². The van der Waals surface area contributed by atoms with E-state index in [2.05, 4.69) is 20.1 Å². The molecule has 9 nitrogen and oxygen atoms in total. The molecule has 3 heterocycles. The van der Waals surface area contributed by atoms with Gasteiger partial charge in [-0.25, -0.2) is 0 Å². The van der Waals surface area contributed by atoms with Crippen molar-refractivity contribution in [1.29, 1.82) is 0 Å². The standard InChI is InChI=1S/C28H37ClF2N4O5/c1-18(2)21-7-11-32-35(21)28(23(36)33-20-6-5-19(29)15-22(20)40-25(30)31)8-12-34(13-9-28)17-27(24(37)38)10-14-39-26(3,4)16-27/h5-7,11,15,18,25H,8-10,12-14,16-17H2,1-4H3,(H,33,36)(H,37,38)/t27-/m0/s1. The number of amides is 1. The number of aliphatic carboxylic acids is 1. The van der Waals surface area contributed by atoms with E-state index in [-0.39, 0.29) is 22.4 Å². The molecular weight excluding hydrogens is 546 g/mol. The van der Waals surface area contributed by atoms with Crippen molar-refractivity contribution >= 4 is 29.2 Å². The monoisotopic (exact) mass is 582 g/mol. The van der Waals surface area contributed by atoms with E-state index in [1.165, 1.54) is 18.2 Å². The van der Waals surface area contributed by atoms with Crippen molar-refractivity contribution in [2.45, 2.75) is 77.0 Å². The molecular formula is C28H37ClF2N4O5. The average molecular weight is 583 g/mol. The number of hydrogen-bond donors (Lipinski definition) is 2. The molecule has 1 aromatic heterocycles. The van der Waals surface area contributed by atoms with Gasteiger partial charge in [-0.1, -0.05) is 25.4 Å². The van der Waals surface area contributed by atoms with E-state index in [0.29, 0.717) is 51.9 Å². The molecule has 0 saturated carbocycles. The first-order valence-corrected chi connectivity index (χ1v) is 13.8. The fraction of sp³-hybridized carbons (Fsp3) is 0.607. The van der Waals surface area contributed by atoms with E-state index in [9.17, 15) is 23.5 Å². The van der Waals surface area contributed by atoms with Crippen LogP contribution < -0.4 is 10.1 Å². The third-order valence-electron chi connectivity index (χ3n) is 8.00. The summed E-state index contributed by atoms with van der Waals surface area (Å²) in [6, 6.07) is 6.01. The number of rotatable bonds is 9. The van der Waals surface area contributed by atoms with Gasteiger partial charge < -0.3 is 24.8 Å². The van der Waals surface area contributed by atoms with Crippen LogP contribution in [0.25, 0.3) is 0 Å². The lowest BCUT2D eigenvalue weighted by Gasteiger charge is -2.47. The van der Waals surface area contributed by atoms with E-state index < -0.39 is 35.0 Å². The van der Waals surface area contributed by atoms with Crippen molar-refractivity contribution in [2.24, 2.45) is 5.41 Å². The summed E-state index contributed by atoms with van der Waals surface area (Å²) in [7, 11) is 0. The quantitative estimate of drug-likeness (QED) is 0.410. The number of carboxylic acids is 1. The second-order valence-electron chi connectivity index (χ2n) is 11.7. The molecule has 12 heteroatoms. The number of nitrogens with one attached hydrogen (secondary N) is 1. The summed E-state index contributed by atoms with van der Waals surface area (Å²) >= 11 is 5.99. The summed E-state index contributed by atoms with van der Waals surface area (Å²) in [5.74, 6) is -1.43. The molecule has 0 bridgehead atoms. The van der Waals surface area contributed by atoms with Crippen molar-refractivity contribution in [3.8, 4) is 5.75 Å². The van der Waals surface area contributed by atoms with Crippen LogP contribution in [0, 0.1) is 5.41 Å². The maximum Gasteiger partial charge on any atom is 0.387 e. The molecule has 4 rings (SSSR count). The second kappa shape index (κ2) is 11.6. The van der Waals surface area contributed by atoms with Gasteiger partial charge in [0, 0.05) is 49.2 Å². The van der Waals surface area contributed by atoms with Crippen molar-refractivity contribution in [3.05, 3.63) is 41.2 Å². The molecule has 0 aliphatic carbocycles. The van der Waals surface area contributed by atoms with E-state index in [4.69, 9.17) is 16.3 Å². The average Bonchev–Trinajstić information content (AvgIpc) is 3.36. The lowest BCUT2D eigenvalue weighted by Crippen LogP contribution is -2.57. The number of piperidine rings is 1. The molecule has 0 unspecified atom stereocenters. The number of benzene rings is 1. The zero-order valence-corrected chi connectivity index (χ0v) is 24.0. The van der Waals surface area contributed by atoms with Gasteiger partial charge in [-0.2, -0.15) is 13.9 Å². The maximum atomic E-state index is 14.1. The summed E-state index contributed by atoms with van der Waals surface area (Å²) in [4.78, 5) is 28.6. The topological polar surface area (TPSA) is 106 Å². The molecule has 0 spiro atoms. The number of carboxylic acid groups (broad SMARTS) is 1. The van der Waals surface area contributed by atoms with Crippen LogP contribution in [0.2, 0.25) is 5.02 Å². The molecule has 2 aliphatic rings. The van der Waals surface area contributed by atoms with Gasteiger partial charge in [0.1, 0.15) is 5.54 Å². The minimum atomic E-state index is -3.10. The normalized spacial score (nSPS) is 22.8. The predicted molar refractivity (Wildman–Crippen MR) is 146 cm³/mol. The third kappa shape index (κ3) is 6.26. The van der Waals surface area contributed by atoms with Gasteiger partial charge in [-0.05, 0) is 63.6 Å². The number of likely N-dealkylation sites (tertiary alicyclic amines) is 1. The summed E-state index contributed by atoms with van der Waals surface area (Å²) in [6.07, 6.45) is 3.13. The molecule has 0 radical (unpaired) electrons. The first-order valence-electron chi connectivity index (χ1n) is 13.5. The van der Waals surface area contributed by atoms with Gasteiger partial charge in [0.15, 0.2) is 5.75 Å². The van der Waals surface area contributed by atoms with Crippen LogP contribution in [-0.2, 0) is 19.9 Å². The summed E-state index contributed by atoms with van der Waals surface area (Å²) in [5, 5.41) is 17.7. The van der Waals surface area contributed by atoms with Crippen molar-refractivity contribution in [3.63, 3.8) is 0 Å². The van der Waals surface area contributed by atoms with E-state index in [1.807, 2.05) is 33.8 Å². The fourth-order valence-corrected chi connectivity index (χ4v) is 6.21. The highest BCUT2D eigenvalue weighted by atomic mass is 35.5. The Morgan fingerprint density at radius 2 is 1.90 bits per heavy atom. The molecule has 2 fully saturated rings. The molecule has 1 amide bonds. The lowest BCUT2D eigenvalue weighted by atomic mass is 9.73. The number of aromatic nitrogens is 2. The number of alkyl halides is 2. The van der Waals surface area contributed by atoms with Crippen molar-refractivity contribution < 1.29 is 33.0 Å². The first-order chi connectivity index (χ1) is 18.8. The summed E-state index contributed by atoms with van der Waals surface area (Å²) < 4.78 is 38.3. The third-order valence-corrected chi connectivity index (χ3v) is 8.24. The largest absolute Gasteiger partial charge is 0.481 e. The molecule has 2 aliphatic heterocycles. The lowest BCUT2D eigenvalue weighted by molar-refractivity contribution is -0.170. The van der Waals surface area contributed by atoms with Gasteiger partial charge in [-0.15, -0.1) is 0 Å². The van der Waals surface area contributed by atoms with E-state index in [1.54, 1.807) is 10.9 Å². The van der Waals surface area contributed by atoms with Crippen LogP contribution in [0.5, 0.6) is 5.75 Å². The predicted octanol–water partition coefficient (Wildman–Crippen LogP) is 5.35. The number of anilines is 1. The Bertz CT molecular complexity index is 1230. The summed E-state index contributed by atoms with van der Waals surface area (Å²) in [5.41, 5.74) is -1.70. The van der Waals surface area contributed by atoms with E-state index in [0.717, 1.165) is 5.69 Å². The van der Waals surface area contributed by atoms with Crippen LogP contribution in [0.3, 0.4) is 0 Å². The molecule has 2 saturated heterocycles. The molecule has 1 aromatic carbocycles. The smallest absolute Gasteiger partial charge is 0.387 e. The highest BCUT2D eigenvalue weighted by molar-refractivity contribution is 6.30. The number of hydrogen-bond acceptors (Lipinski definition) is 6. The first kappa shape index (κ1) is 30.2. The summed E-state index contributed by atoms with van der Waals surface area (Å²) in [6.45, 7) is 6.33. The maximum absolute atomic E-state index is 14.1. The van der Waals surface area contributed by atoms with Gasteiger partial charge in [-0.3, -0.25) is 14.3 Å². The van der Waals surface area contributed by atoms with Crippen molar-refractivity contribution in [2.75, 3.05) is 31.6 Å². The minimum Gasteiger partial charge on any atom is -0.481 e. The fourth-order valence-electron chi connectivity index (χ4n) is 6.05. The molecule has 2 N–H and O–H groups in total. The molecule has 220 valence electrons. The Morgan fingerprint density at radius 3 is 2.50 bits per heavy atom. The highest BCUT2D eigenvalue weighted by Gasteiger charge is 2.50. The number of ether oxygens (including phenoxy) is 2. The van der Waals surface area contributed by atoms with Crippen LogP contribution in [0.1, 0.15) is 65.0 Å². The number of halogens is 3. The number of nitrogens with zero attached hydrogens (tertiary/aromatic N) is 3. The number of carbonyl (C=O) groups is 2. The zero-order valence-electron chi connectivity index (χ0n) is 23.3. The van der Waals surface area contributed by atoms with E-state index >= 15 is 0 Å². The zero-order chi connectivity index (χ0) is 29.3. The van der Waals surface area contributed by atoms with Crippen molar-refractivity contribution in [1.82, 2.24) is 14.7 Å². The van der Waals surface area contributed by atoms with Gasteiger partial charge in [0.2, 0.25) is 0 Å². The molecule has 2 aromatic rings. The minimum absolute atomic E-state index is 0.0678. The highest BCUT2D eigenvalue weighted by Crippen LogP contribution is 2.42. The molecule has 40 heavy (non-hydrogen) atoms. The molecule has 1 atom stereocenters. The van der Waals surface area contributed by atoms with Crippen LogP contribution in [0.15, 0.2) is 30.5 Å². The van der Waals surface area contributed by atoms with Gasteiger partial charge >= 0.3 is 12.6 Å². The van der Waals surface area contributed by atoms with Gasteiger partial charge in [0.05, 0.1) is 16.7 Å². The Morgan fingerprint density at radius 1 is 1.20 bits per heavy atom. The Labute approximate surface area is 237 Å². The Kier molecular flexibility index (Phi) is 8.77. The second-order valence-corrected chi connectivity index (χ2v) is 12.2. The SMILES string of the molecule is CC(C)c1ccnn1C1(C(=O)Nc2ccc(Cl)cc2OC(F)F)CCN(C[C@]2(C(=O)O)CCOC(C)(C)C2)CC1.